The van der Waals surface area contributed by atoms with Crippen LogP contribution in [0.1, 0.15) is 22.3 Å². The van der Waals surface area contributed by atoms with Crippen LogP contribution in [0.3, 0.4) is 0 Å². The van der Waals surface area contributed by atoms with Crippen molar-refractivity contribution in [3.63, 3.8) is 0 Å². The van der Waals surface area contributed by atoms with Crippen LogP contribution >= 0.6 is 0 Å². The number of carbonyl (C=O) groups is 1. The van der Waals surface area contributed by atoms with Crippen LogP contribution in [0.2, 0.25) is 0 Å². The fourth-order valence-electron chi connectivity index (χ4n) is 4.06. The molecule has 0 radical (unpaired) electrons. The van der Waals surface area contributed by atoms with Gasteiger partial charge in [0.2, 0.25) is 10.0 Å². The van der Waals surface area contributed by atoms with E-state index in [9.17, 15) is 17.6 Å². The Morgan fingerprint density at radius 1 is 0.970 bits per heavy atom. The number of sulfonamides is 1. The van der Waals surface area contributed by atoms with Crippen molar-refractivity contribution in [2.75, 3.05) is 57.4 Å². The number of nitrogens with zero attached hydrogens (tertiary/aromatic N) is 4. The maximum Gasteiger partial charge on any atom is 0.256 e. The van der Waals surface area contributed by atoms with Crippen LogP contribution in [0.25, 0.3) is 0 Å². The van der Waals surface area contributed by atoms with Crippen molar-refractivity contribution in [3.8, 4) is 6.07 Å². The van der Waals surface area contributed by atoms with Gasteiger partial charge in [-0.05, 0) is 48.9 Å². The first-order valence-corrected chi connectivity index (χ1v) is 12.3. The lowest BCUT2D eigenvalue weighted by molar-refractivity contribution is 0.0729. The third kappa shape index (κ3) is 5.00. The molecule has 174 valence electrons. The lowest BCUT2D eigenvalue weighted by Crippen LogP contribution is -2.40. The minimum absolute atomic E-state index is 0.0943. The first-order chi connectivity index (χ1) is 15.9. The molecule has 0 aliphatic carbocycles. The van der Waals surface area contributed by atoms with Crippen LogP contribution in [-0.2, 0) is 14.8 Å². The molecule has 2 saturated heterocycles. The van der Waals surface area contributed by atoms with Gasteiger partial charge in [0.05, 0.1) is 35.3 Å². The first kappa shape index (κ1) is 23.2. The number of nitriles is 1. The van der Waals surface area contributed by atoms with Crippen LogP contribution in [0.4, 0.5) is 10.1 Å². The SMILES string of the molecule is N#Cc1ccc(N2CCCN(C(=O)c3cc(S(=O)(=O)N4CCOCC4)ccc3F)CC2)cc1. The molecule has 1 amide bonds. The molecule has 0 aromatic heterocycles. The summed E-state index contributed by atoms with van der Waals surface area (Å²) in [5, 5.41) is 8.97. The number of hydrogen-bond donors (Lipinski definition) is 0. The van der Waals surface area contributed by atoms with Gasteiger partial charge in [-0.1, -0.05) is 0 Å². The minimum atomic E-state index is -3.84. The number of benzene rings is 2. The fourth-order valence-corrected chi connectivity index (χ4v) is 5.50. The van der Waals surface area contributed by atoms with E-state index in [1.807, 2.05) is 12.1 Å². The number of carbonyl (C=O) groups excluding carboxylic acids is 1. The average molecular weight is 473 g/mol. The molecule has 8 nitrogen and oxygen atoms in total. The number of halogens is 1. The van der Waals surface area contributed by atoms with E-state index < -0.39 is 21.7 Å². The summed E-state index contributed by atoms with van der Waals surface area (Å²) in [7, 11) is -3.84. The standard InChI is InChI=1S/C23H25FN4O4S/c24-22-7-6-20(33(30,31)28-12-14-32-15-13-28)16-21(22)23(29)27-9-1-8-26(10-11-27)19-4-2-18(17-25)3-5-19/h2-7,16H,1,8-15H2. The van der Waals surface area contributed by atoms with E-state index in [-0.39, 0.29) is 23.5 Å². The van der Waals surface area contributed by atoms with E-state index in [2.05, 4.69) is 11.0 Å². The Morgan fingerprint density at radius 2 is 1.70 bits per heavy atom. The van der Waals surface area contributed by atoms with E-state index in [0.29, 0.717) is 51.4 Å². The predicted octanol–water partition coefficient (Wildman–Crippen LogP) is 2.07. The zero-order chi connectivity index (χ0) is 23.4. The van der Waals surface area contributed by atoms with Gasteiger partial charge in [0, 0.05) is 45.0 Å². The van der Waals surface area contributed by atoms with E-state index in [0.717, 1.165) is 17.8 Å². The number of amides is 1. The first-order valence-electron chi connectivity index (χ1n) is 10.8. The third-order valence-corrected chi connectivity index (χ3v) is 7.82. The smallest absolute Gasteiger partial charge is 0.256 e. The lowest BCUT2D eigenvalue weighted by atomic mass is 10.2. The van der Waals surface area contributed by atoms with Crippen molar-refractivity contribution < 1.29 is 22.3 Å². The van der Waals surface area contributed by atoms with Crippen molar-refractivity contribution in [1.29, 1.82) is 5.26 Å². The summed E-state index contributed by atoms with van der Waals surface area (Å²) in [6.07, 6.45) is 0.680. The van der Waals surface area contributed by atoms with Crippen LogP contribution in [0.15, 0.2) is 47.4 Å². The molecule has 4 rings (SSSR count). The van der Waals surface area contributed by atoms with Crippen molar-refractivity contribution >= 4 is 21.6 Å². The highest BCUT2D eigenvalue weighted by Crippen LogP contribution is 2.23. The largest absolute Gasteiger partial charge is 0.379 e. The highest BCUT2D eigenvalue weighted by Gasteiger charge is 2.29. The van der Waals surface area contributed by atoms with Gasteiger partial charge in [0.15, 0.2) is 0 Å². The number of hydrogen-bond acceptors (Lipinski definition) is 6. The Labute approximate surface area is 192 Å². The van der Waals surface area contributed by atoms with Crippen molar-refractivity contribution in [2.45, 2.75) is 11.3 Å². The molecule has 2 heterocycles. The van der Waals surface area contributed by atoms with Gasteiger partial charge in [-0.2, -0.15) is 9.57 Å². The molecular formula is C23H25FN4O4S. The number of ether oxygens (including phenoxy) is 1. The van der Waals surface area contributed by atoms with E-state index in [1.165, 1.54) is 10.4 Å². The van der Waals surface area contributed by atoms with Crippen molar-refractivity contribution in [2.24, 2.45) is 0 Å². The molecule has 0 atom stereocenters. The quantitative estimate of drug-likeness (QED) is 0.676. The predicted molar refractivity (Wildman–Crippen MR) is 120 cm³/mol. The second kappa shape index (κ2) is 9.87. The van der Waals surface area contributed by atoms with Gasteiger partial charge in [-0.15, -0.1) is 0 Å². The molecule has 33 heavy (non-hydrogen) atoms. The highest BCUT2D eigenvalue weighted by molar-refractivity contribution is 7.89. The lowest BCUT2D eigenvalue weighted by Gasteiger charge is -2.26. The second-order valence-electron chi connectivity index (χ2n) is 7.95. The molecular weight excluding hydrogens is 447 g/mol. The normalized spacial score (nSPS) is 17.9. The summed E-state index contributed by atoms with van der Waals surface area (Å²) in [4.78, 5) is 16.7. The van der Waals surface area contributed by atoms with Crippen LogP contribution in [0.5, 0.6) is 0 Å². The van der Waals surface area contributed by atoms with E-state index in [4.69, 9.17) is 10.00 Å². The van der Waals surface area contributed by atoms with Crippen molar-refractivity contribution in [3.05, 3.63) is 59.4 Å². The second-order valence-corrected chi connectivity index (χ2v) is 9.89. The monoisotopic (exact) mass is 472 g/mol. The van der Waals surface area contributed by atoms with E-state index >= 15 is 0 Å². The third-order valence-electron chi connectivity index (χ3n) is 5.92. The fraction of sp³-hybridized carbons (Fsp3) is 0.391. The van der Waals surface area contributed by atoms with Crippen LogP contribution < -0.4 is 4.90 Å². The molecule has 0 saturated carbocycles. The Kier molecular flexibility index (Phi) is 6.93. The Bertz CT molecular complexity index is 1160. The number of rotatable bonds is 4. The summed E-state index contributed by atoms with van der Waals surface area (Å²) in [6, 6.07) is 12.7. The summed E-state index contributed by atoms with van der Waals surface area (Å²) >= 11 is 0. The zero-order valence-electron chi connectivity index (χ0n) is 18.1. The minimum Gasteiger partial charge on any atom is -0.379 e. The van der Waals surface area contributed by atoms with Gasteiger partial charge in [0.1, 0.15) is 5.82 Å². The number of anilines is 1. The van der Waals surface area contributed by atoms with Gasteiger partial charge < -0.3 is 14.5 Å². The van der Waals surface area contributed by atoms with E-state index in [1.54, 1.807) is 17.0 Å². The molecule has 2 aromatic rings. The molecule has 0 spiro atoms. The van der Waals surface area contributed by atoms with Gasteiger partial charge in [0.25, 0.3) is 5.91 Å². The van der Waals surface area contributed by atoms with Gasteiger partial charge >= 0.3 is 0 Å². The molecule has 2 aliphatic rings. The number of morpholine rings is 1. The Balaban J connectivity index is 1.50. The zero-order valence-corrected chi connectivity index (χ0v) is 18.9. The molecule has 2 aromatic carbocycles. The summed E-state index contributed by atoms with van der Waals surface area (Å²) in [5.74, 6) is -1.26. The van der Waals surface area contributed by atoms with Crippen LogP contribution in [-0.4, -0.2) is 76.0 Å². The Morgan fingerprint density at radius 3 is 2.39 bits per heavy atom. The highest BCUT2D eigenvalue weighted by atomic mass is 32.2. The molecule has 0 bridgehead atoms. The maximum atomic E-state index is 14.6. The molecule has 0 N–H and O–H groups in total. The molecule has 10 heteroatoms. The summed E-state index contributed by atoms with van der Waals surface area (Å²) < 4.78 is 47.0. The Hall–Kier alpha value is -3.00. The molecule has 0 unspecified atom stereocenters. The topological polar surface area (TPSA) is 93.9 Å². The van der Waals surface area contributed by atoms with Gasteiger partial charge in [-0.3, -0.25) is 4.79 Å². The average Bonchev–Trinajstić information content (AvgIpc) is 3.11. The van der Waals surface area contributed by atoms with Gasteiger partial charge in [-0.25, -0.2) is 12.8 Å². The summed E-state index contributed by atoms with van der Waals surface area (Å²) in [5.41, 5.74) is 1.29. The summed E-state index contributed by atoms with van der Waals surface area (Å²) in [6.45, 7) is 3.12. The maximum absolute atomic E-state index is 14.6. The van der Waals surface area contributed by atoms with Crippen LogP contribution in [0, 0.1) is 17.1 Å². The molecule has 2 aliphatic heterocycles. The van der Waals surface area contributed by atoms with Crippen molar-refractivity contribution in [1.82, 2.24) is 9.21 Å². The molecule has 2 fully saturated rings.